The summed E-state index contributed by atoms with van der Waals surface area (Å²) in [6.45, 7) is 0.00165. The first-order valence-corrected chi connectivity index (χ1v) is 4.69. The van der Waals surface area contributed by atoms with Gasteiger partial charge in [0, 0.05) is 0 Å². The van der Waals surface area contributed by atoms with Gasteiger partial charge < -0.3 is 9.84 Å². The molecule has 0 unspecified atom stereocenters. The Kier molecular flexibility index (Phi) is 2.16. The topological polar surface area (TPSA) is 42.4 Å². The number of methoxy groups -OCH3 is 1. The van der Waals surface area contributed by atoms with Gasteiger partial charge in [-0.1, -0.05) is 0 Å². The van der Waals surface area contributed by atoms with E-state index in [1.165, 1.54) is 11.3 Å². The van der Waals surface area contributed by atoms with Gasteiger partial charge in [0.15, 0.2) is 0 Å². The fraction of sp³-hybridized carbons (Fsp3) is 0.222. The number of aliphatic hydroxyl groups is 1. The number of ether oxygens (including phenoxy) is 1. The zero-order valence-electron chi connectivity index (χ0n) is 7.15. The first-order chi connectivity index (χ1) is 6.33. The van der Waals surface area contributed by atoms with Gasteiger partial charge in [-0.2, -0.15) is 0 Å². The van der Waals surface area contributed by atoms with Crippen LogP contribution in [0, 0.1) is 0 Å². The lowest BCUT2D eigenvalue weighted by Gasteiger charge is -1.96. The van der Waals surface area contributed by atoms with Crippen molar-refractivity contribution in [3.05, 3.63) is 23.2 Å². The van der Waals surface area contributed by atoms with Crippen molar-refractivity contribution < 1.29 is 9.84 Å². The molecule has 3 nitrogen and oxygen atoms in total. The molecule has 1 aromatic heterocycles. The van der Waals surface area contributed by atoms with Gasteiger partial charge in [0.1, 0.15) is 10.8 Å². The smallest absolute Gasteiger partial charge is 0.120 e. The van der Waals surface area contributed by atoms with Crippen LogP contribution in [0.2, 0.25) is 0 Å². The molecule has 13 heavy (non-hydrogen) atoms. The lowest BCUT2D eigenvalue weighted by Crippen LogP contribution is -1.80. The van der Waals surface area contributed by atoms with Crippen molar-refractivity contribution in [2.24, 2.45) is 0 Å². The van der Waals surface area contributed by atoms with Crippen molar-refractivity contribution in [3.8, 4) is 5.75 Å². The third-order valence-electron chi connectivity index (χ3n) is 1.78. The molecule has 0 atom stereocenters. The number of nitrogens with zero attached hydrogens (tertiary/aromatic N) is 1. The van der Waals surface area contributed by atoms with Gasteiger partial charge in [0.2, 0.25) is 0 Å². The number of hydrogen-bond acceptors (Lipinski definition) is 4. The molecule has 0 bridgehead atoms. The third kappa shape index (κ3) is 1.50. The van der Waals surface area contributed by atoms with E-state index in [0.29, 0.717) is 0 Å². The van der Waals surface area contributed by atoms with Crippen molar-refractivity contribution in [1.82, 2.24) is 4.98 Å². The number of aromatic nitrogens is 1. The largest absolute Gasteiger partial charge is 0.497 e. The van der Waals surface area contributed by atoms with E-state index in [4.69, 9.17) is 9.84 Å². The first kappa shape index (κ1) is 8.47. The van der Waals surface area contributed by atoms with E-state index in [-0.39, 0.29) is 6.61 Å². The van der Waals surface area contributed by atoms with Crippen LogP contribution in [-0.4, -0.2) is 17.2 Å². The van der Waals surface area contributed by atoms with E-state index in [1.807, 2.05) is 18.2 Å². The van der Waals surface area contributed by atoms with Crippen LogP contribution in [0.25, 0.3) is 10.2 Å². The van der Waals surface area contributed by atoms with E-state index in [9.17, 15) is 0 Å². The maximum atomic E-state index is 8.88. The SMILES string of the molecule is COc1ccc2nc(CO)sc2c1. The summed E-state index contributed by atoms with van der Waals surface area (Å²) in [6.07, 6.45) is 0. The van der Waals surface area contributed by atoms with Crippen LogP contribution in [0.1, 0.15) is 5.01 Å². The minimum absolute atomic E-state index is 0.00165. The summed E-state index contributed by atoms with van der Waals surface area (Å²) in [5.41, 5.74) is 0.912. The van der Waals surface area contributed by atoms with Gasteiger partial charge in [-0.15, -0.1) is 11.3 Å². The number of rotatable bonds is 2. The monoisotopic (exact) mass is 195 g/mol. The lowest BCUT2D eigenvalue weighted by molar-refractivity contribution is 0.281. The van der Waals surface area contributed by atoms with Gasteiger partial charge in [-0.3, -0.25) is 0 Å². The highest BCUT2D eigenvalue weighted by molar-refractivity contribution is 7.18. The number of aliphatic hydroxyl groups excluding tert-OH is 1. The van der Waals surface area contributed by atoms with Gasteiger partial charge in [-0.05, 0) is 18.2 Å². The number of fused-ring (bicyclic) bond motifs is 1. The molecule has 0 aliphatic rings. The second kappa shape index (κ2) is 3.32. The average Bonchev–Trinajstić information content (AvgIpc) is 2.58. The Morgan fingerprint density at radius 1 is 1.54 bits per heavy atom. The van der Waals surface area contributed by atoms with Crippen LogP contribution in [0.4, 0.5) is 0 Å². The predicted molar refractivity (Wildman–Crippen MR) is 52.1 cm³/mol. The van der Waals surface area contributed by atoms with Crippen molar-refractivity contribution in [2.75, 3.05) is 7.11 Å². The van der Waals surface area contributed by atoms with Crippen molar-refractivity contribution in [3.63, 3.8) is 0 Å². The Hall–Kier alpha value is -1.13. The molecule has 0 saturated heterocycles. The van der Waals surface area contributed by atoms with Crippen molar-refractivity contribution >= 4 is 21.6 Å². The summed E-state index contributed by atoms with van der Waals surface area (Å²) < 4.78 is 6.13. The number of benzene rings is 1. The van der Waals surface area contributed by atoms with Crippen molar-refractivity contribution in [1.29, 1.82) is 0 Å². The fourth-order valence-electron chi connectivity index (χ4n) is 1.15. The zero-order chi connectivity index (χ0) is 9.26. The highest BCUT2D eigenvalue weighted by atomic mass is 32.1. The van der Waals surface area contributed by atoms with E-state index in [1.54, 1.807) is 7.11 Å². The molecule has 0 radical (unpaired) electrons. The highest BCUT2D eigenvalue weighted by Gasteiger charge is 2.03. The van der Waals surface area contributed by atoms with Crippen molar-refractivity contribution in [2.45, 2.75) is 6.61 Å². The summed E-state index contributed by atoms with van der Waals surface area (Å²) in [4.78, 5) is 4.22. The van der Waals surface area contributed by atoms with E-state index >= 15 is 0 Å². The molecule has 68 valence electrons. The van der Waals surface area contributed by atoms with Crippen LogP contribution in [0.3, 0.4) is 0 Å². The molecule has 4 heteroatoms. The third-order valence-corrected chi connectivity index (χ3v) is 2.78. The molecule has 1 N–H and O–H groups in total. The van der Waals surface area contributed by atoms with E-state index < -0.39 is 0 Å². The van der Waals surface area contributed by atoms with Crippen LogP contribution < -0.4 is 4.74 Å². The molecular formula is C9H9NO2S. The van der Waals surface area contributed by atoms with Crippen LogP contribution in [0.5, 0.6) is 5.75 Å². The Labute approximate surface area is 79.6 Å². The van der Waals surface area contributed by atoms with Gasteiger partial charge in [0.25, 0.3) is 0 Å². The molecule has 2 rings (SSSR count). The summed E-state index contributed by atoms with van der Waals surface area (Å²) in [5.74, 6) is 0.820. The van der Waals surface area contributed by atoms with Crippen LogP contribution in [-0.2, 0) is 6.61 Å². The molecule has 0 aliphatic heterocycles. The van der Waals surface area contributed by atoms with Gasteiger partial charge >= 0.3 is 0 Å². The lowest BCUT2D eigenvalue weighted by atomic mass is 10.3. The Balaban J connectivity index is 2.57. The van der Waals surface area contributed by atoms with Crippen LogP contribution >= 0.6 is 11.3 Å². The standard InChI is InChI=1S/C9H9NO2S/c1-12-6-2-3-7-8(4-6)13-9(5-11)10-7/h2-4,11H,5H2,1H3. The summed E-state index contributed by atoms with van der Waals surface area (Å²) in [5, 5.41) is 9.62. The second-order valence-corrected chi connectivity index (χ2v) is 3.71. The summed E-state index contributed by atoms with van der Waals surface area (Å²) in [6, 6.07) is 5.68. The molecule has 0 fully saturated rings. The molecular weight excluding hydrogens is 186 g/mol. The normalized spacial score (nSPS) is 10.6. The maximum absolute atomic E-state index is 8.88. The van der Waals surface area contributed by atoms with Gasteiger partial charge in [0.05, 0.1) is 23.9 Å². The first-order valence-electron chi connectivity index (χ1n) is 3.88. The predicted octanol–water partition coefficient (Wildman–Crippen LogP) is 1.80. The highest BCUT2D eigenvalue weighted by Crippen LogP contribution is 2.25. The summed E-state index contributed by atoms with van der Waals surface area (Å²) >= 11 is 1.49. The minimum Gasteiger partial charge on any atom is -0.497 e. The molecule has 1 heterocycles. The fourth-order valence-corrected chi connectivity index (χ4v) is 2.00. The molecule has 0 amide bonds. The molecule has 0 spiro atoms. The van der Waals surface area contributed by atoms with E-state index in [2.05, 4.69) is 4.98 Å². The molecule has 1 aromatic carbocycles. The quantitative estimate of drug-likeness (QED) is 0.794. The zero-order valence-corrected chi connectivity index (χ0v) is 7.97. The van der Waals surface area contributed by atoms with E-state index in [0.717, 1.165) is 21.0 Å². The minimum atomic E-state index is 0.00165. The second-order valence-electron chi connectivity index (χ2n) is 2.60. The Morgan fingerprint density at radius 3 is 3.08 bits per heavy atom. The van der Waals surface area contributed by atoms with Crippen LogP contribution in [0.15, 0.2) is 18.2 Å². The Morgan fingerprint density at radius 2 is 2.38 bits per heavy atom. The average molecular weight is 195 g/mol. The molecule has 2 aromatic rings. The molecule has 0 aliphatic carbocycles. The summed E-state index contributed by atoms with van der Waals surface area (Å²) in [7, 11) is 1.63. The van der Waals surface area contributed by atoms with Gasteiger partial charge in [-0.25, -0.2) is 4.98 Å². The molecule has 0 saturated carbocycles. The number of hydrogen-bond donors (Lipinski definition) is 1. The number of thiazole rings is 1. The maximum Gasteiger partial charge on any atom is 0.120 e. The Bertz CT molecular complexity index is 422.